The summed E-state index contributed by atoms with van der Waals surface area (Å²) in [5.41, 5.74) is 3.74. The van der Waals surface area contributed by atoms with Crippen LogP contribution < -0.4 is 5.32 Å². The number of benzene rings is 1. The molecule has 0 bridgehead atoms. The third-order valence-electron chi connectivity index (χ3n) is 4.42. The summed E-state index contributed by atoms with van der Waals surface area (Å²) in [6.07, 6.45) is 3.72. The lowest BCUT2D eigenvalue weighted by Crippen LogP contribution is -2.40. The molecule has 2 aromatic rings. The first-order valence-electron chi connectivity index (χ1n) is 7.86. The molecule has 0 unspecified atom stereocenters. The first-order chi connectivity index (χ1) is 9.72. The van der Waals surface area contributed by atoms with Crippen molar-refractivity contribution < 1.29 is 4.42 Å². The van der Waals surface area contributed by atoms with Crippen LogP contribution >= 0.6 is 0 Å². The standard InChI is InChI=1S/C18H26N2O/c1-12-19-15-8-13(6-7-16(15)21-12)20-14-9-17(2,3)11-18(4,5)10-14/h6-8,14,20H,9-11H2,1-5H3. The summed E-state index contributed by atoms with van der Waals surface area (Å²) in [6, 6.07) is 6.73. The van der Waals surface area contributed by atoms with E-state index in [-0.39, 0.29) is 0 Å². The predicted molar refractivity (Wildman–Crippen MR) is 87.6 cm³/mol. The third-order valence-corrected chi connectivity index (χ3v) is 4.42. The monoisotopic (exact) mass is 286 g/mol. The van der Waals surface area contributed by atoms with Crippen molar-refractivity contribution in [2.24, 2.45) is 10.8 Å². The Morgan fingerprint density at radius 3 is 2.48 bits per heavy atom. The minimum Gasteiger partial charge on any atom is -0.441 e. The van der Waals surface area contributed by atoms with Gasteiger partial charge in [-0.1, -0.05) is 27.7 Å². The van der Waals surface area contributed by atoms with Gasteiger partial charge in [-0.3, -0.25) is 0 Å². The molecule has 1 aliphatic carbocycles. The van der Waals surface area contributed by atoms with Gasteiger partial charge >= 0.3 is 0 Å². The Labute approximate surface area is 127 Å². The van der Waals surface area contributed by atoms with Gasteiger partial charge in [-0.15, -0.1) is 0 Å². The van der Waals surface area contributed by atoms with Crippen LogP contribution in [0.4, 0.5) is 5.69 Å². The molecule has 21 heavy (non-hydrogen) atoms. The first-order valence-corrected chi connectivity index (χ1v) is 7.86. The number of nitrogens with zero attached hydrogens (tertiary/aromatic N) is 1. The van der Waals surface area contributed by atoms with E-state index in [1.54, 1.807) is 0 Å². The van der Waals surface area contributed by atoms with E-state index < -0.39 is 0 Å². The molecular formula is C18H26N2O. The van der Waals surface area contributed by atoms with Gasteiger partial charge in [0.15, 0.2) is 11.5 Å². The van der Waals surface area contributed by atoms with E-state index in [1.165, 1.54) is 19.3 Å². The van der Waals surface area contributed by atoms with E-state index in [9.17, 15) is 0 Å². The van der Waals surface area contributed by atoms with Crippen LogP contribution in [-0.2, 0) is 0 Å². The molecule has 1 aliphatic rings. The maximum absolute atomic E-state index is 5.54. The molecule has 0 radical (unpaired) electrons. The Morgan fingerprint density at radius 1 is 1.14 bits per heavy atom. The lowest BCUT2D eigenvalue weighted by atomic mass is 9.63. The van der Waals surface area contributed by atoms with Crippen molar-refractivity contribution >= 4 is 16.8 Å². The van der Waals surface area contributed by atoms with Gasteiger partial charge in [0, 0.05) is 18.7 Å². The van der Waals surface area contributed by atoms with Crippen molar-refractivity contribution in [3.05, 3.63) is 24.1 Å². The van der Waals surface area contributed by atoms with Crippen LogP contribution in [0.5, 0.6) is 0 Å². The van der Waals surface area contributed by atoms with Crippen molar-refractivity contribution in [1.29, 1.82) is 0 Å². The second-order valence-electron chi connectivity index (χ2n) is 8.17. The molecule has 3 nitrogen and oxygen atoms in total. The number of aromatic nitrogens is 1. The van der Waals surface area contributed by atoms with Gasteiger partial charge in [0.05, 0.1) is 0 Å². The minimum absolute atomic E-state index is 0.397. The molecule has 0 atom stereocenters. The Morgan fingerprint density at radius 2 is 1.81 bits per heavy atom. The molecule has 1 N–H and O–H groups in total. The summed E-state index contributed by atoms with van der Waals surface area (Å²) < 4.78 is 5.54. The van der Waals surface area contributed by atoms with Crippen molar-refractivity contribution in [1.82, 2.24) is 4.98 Å². The van der Waals surface area contributed by atoms with E-state index in [0.29, 0.717) is 16.9 Å². The fourth-order valence-corrected chi connectivity index (χ4v) is 4.32. The summed E-state index contributed by atoms with van der Waals surface area (Å²) in [6.45, 7) is 11.4. The van der Waals surface area contributed by atoms with E-state index >= 15 is 0 Å². The minimum atomic E-state index is 0.397. The molecule has 0 aliphatic heterocycles. The summed E-state index contributed by atoms with van der Waals surface area (Å²) in [4.78, 5) is 4.42. The summed E-state index contributed by atoms with van der Waals surface area (Å²) in [5.74, 6) is 0.724. The van der Waals surface area contributed by atoms with Gasteiger partial charge in [-0.25, -0.2) is 4.98 Å². The van der Waals surface area contributed by atoms with Gasteiger partial charge in [0.1, 0.15) is 5.52 Å². The highest BCUT2D eigenvalue weighted by Gasteiger charge is 2.38. The predicted octanol–water partition coefficient (Wildman–Crippen LogP) is 5.15. The molecule has 1 aromatic carbocycles. The first kappa shape index (κ1) is 14.4. The molecule has 0 saturated heterocycles. The Kier molecular flexibility index (Phi) is 3.27. The average Bonchev–Trinajstić information content (AvgIpc) is 2.63. The number of fused-ring (bicyclic) bond motifs is 1. The second-order valence-corrected chi connectivity index (χ2v) is 8.17. The Bertz CT molecular complexity index is 638. The number of aryl methyl sites for hydroxylation is 1. The third kappa shape index (κ3) is 3.22. The van der Waals surface area contributed by atoms with Crippen LogP contribution in [0.3, 0.4) is 0 Å². The largest absolute Gasteiger partial charge is 0.441 e. The highest BCUT2D eigenvalue weighted by atomic mass is 16.3. The highest BCUT2D eigenvalue weighted by Crippen LogP contribution is 2.46. The van der Waals surface area contributed by atoms with Crippen LogP contribution in [0.1, 0.15) is 52.8 Å². The summed E-state index contributed by atoms with van der Waals surface area (Å²) >= 11 is 0. The van der Waals surface area contributed by atoms with Crippen LogP contribution in [0.15, 0.2) is 22.6 Å². The number of hydrogen-bond donors (Lipinski definition) is 1. The summed E-state index contributed by atoms with van der Waals surface area (Å²) in [5, 5.41) is 3.71. The lowest BCUT2D eigenvalue weighted by molar-refractivity contribution is 0.105. The molecule has 1 saturated carbocycles. The van der Waals surface area contributed by atoms with Gasteiger partial charge in [0.25, 0.3) is 0 Å². The van der Waals surface area contributed by atoms with E-state index in [2.05, 4.69) is 50.1 Å². The highest BCUT2D eigenvalue weighted by molar-refractivity contribution is 5.77. The molecule has 0 spiro atoms. The summed E-state index contributed by atoms with van der Waals surface area (Å²) in [7, 11) is 0. The number of rotatable bonds is 2. The maximum Gasteiger partial charge on any atom is 0.192 e. The zero-order chi connectivity index (χ0) is 15.3. The van der Waals surface area contributed by atoms with E-state index in [4.69, 9.17) is 4.42 Å². The van der Waals surface area contributed by atoms with Crippen LogP contribution in [0.2, 0.25) is 0 Å². The van der Waals surface area contributed by atoms with Gasteiger partial charge in [-0.2, -0.15) is 0 Å². The Hall–Kier alpha value is -1.51. The fourth-order valence-electron chi connectivity index (χ4n) is 4.32. The van der Waals surface area contributed by atoms with Crippen molar-refractivity contribution in [3.63, 3.8) is 0 Å². The molecule has 3 heteroatoms. The fraction of sp³-hybridized carbons (Fsp3) is 0.611. The smallest absolute Gasteiger partial charge is 0.192 e. The lowest BCUT2D eigenvalue weighted by Gasteiger charge is -2.45. The molecule has 3 rings (SSSR count). The molecule has 114 valence electrons. The van der Waals surface area contributed by atoms with E-state index in [0.717, 1.165) is 22.7 Å². The quantitative estimate of drug-likeness (QED) is 0.829. The number of hydrogen-bond acceptors (Lipinski definition) is 3. The zero-order valence-corrected chi connectivity index (χ0v) is 13.8. The van der Waals surface area contributed by atoms with Crippen LogP contribution in [-0.4, -0.2) is 11.0 Å². The van der Waals surface area contributed by atoms with E-state index in [1.807, 2.05) is 13.0 Å². The molecule has 1 aromatic heterocycles. The second kappa shape index (κ2) is 4.75. The van der Waals surface area contributed by atoms with Crippen LogP contribution in [0, 0.1) is 17.8 Å². The van der Waals surface area contributed by atoms with Crippen molar-refractivity contribution in [2.75, 3.05) is 5.32 Å². The van der Waals surface area contributed by atoms with Crippen molar-refractivity contribution in [3.8, 4) is 0 Å². The Balaban J connectivity index is 1.80. The van der Waals surface area contributed by atoms with Gasteiger partial charge in [0.2, 0.25) is 0 Å². The zero-order valence-electron chi connectivity index (χ0n) is 13.8. The molecule has 0 amide bonds. The molecular weight excluding hydrogens is 260 g/mol. The van der Waals surface area contributed by atoms with Crippen LogP contribution in [0.25, 0.3) is 11.1 Å². The molecule has 1 fully saturated rings. The topological polar surface area (TPSA) is 38.1 Å². The molecule has 1 heterocycles. The maximum atomic E-state index is 5.54. The number of anilines is 1. The SMILES string of the molecule is Cc1nc2cc(NC3CC(C)(C)CC(C)(C)C3)ccc2o1. The van der Waals surface area contributed by atoms with Crippen molar-refractivity contribution in [2.45, 2.75) is 59.9 Å². The average molecular weight is 286 g/mol. The van der Waals surface area contributed by atoms with Gasteiger partial charge < -0.3 is 9.73 Å². The number of nitrogens with one attached hydrogen (secondary N) is 1. The van der Waals surface area contributed by atoms with Gasteiger partial charge in [-0.05, 0) is 48.3 Å². The normalized spacial score (nSPS) is 21.6. The number of oxazole rings is 1.